The van der Waals surface area contributed by atoms with Crippen molar-refractivity contribution in [2.45, 2.75) is 13.5 Å². The minimum Gasteiger partial charge on any atom is -0.439 e. The van der Waals surface area contributed by atoms with Crippen molar-refractivity contribution >= 4 is 5.82 Å². The quantitative estimate of drug-likeness (QED) is 0.849. The maximum absolute atomic E-state index is 9.06. The number of anilines is 1. The number of aliphatic hydroxyl groups excluding tert-OH is 1. The van der Waals surface area contributed by atoms with E-state index in [2.05, 4.69) is 10.3 Å². The summed E-state index contributed by atoms with van der Waals surface area (Å²) in [6.45, 7) is 2.83. The van der Waals surface area contributed by atoms with Crippen molar-refractivity contribution < 1.29 is 9.84 Å². The summed E-state index contributed by atoms with van der Waals surface area (Å²) in [5, 5.41) is 12.2. The van der Waals surface area contributed by atoms with E-state index in [1.807, 2.05) is 37.3 Å². The van der Waals surface area contributed by atoms with E-state index in [1.165, 1.54) is 0 Å². The Morgan fingerprint density at radius 1 is 1.22 bits per heavy atom. The summed E-state index contributed by atoms with van der Waals surface area (Å²) in [7, 11) is 0. The lowest BCUT2D eigenvalue weighted by molar-refractivity contribution is 0.281. The third kappa shape index (κ3) is 3.21. The first-order valence-electron chi connectivity index (χ1n) is 5.90. The summed E-state index contributed by atoms with van der Waals surface area (Å²) in [6.07, 6.45) is 0. The fourth-order valence-corrected chi connectivity index (χ4v) is 1.58. The maximum atomic E-state index is 9.06. The summed E-state index contributed by atoms with van der Waals surface area (Å²) in [5.74, 6) is 1.99. The van der Waals surface area contributed by atoms with Crippen molar-refractivity contribution in [3.05, 3.63) is 48.0 Å². The Hall–Kier alpha value is -2.07. The van der Waals surface area contributed by atoms with Crippen LogP contribution < -0.4 is 10.1 Å². The number of hydrogen-bond acceptors (Lipinski definition) is 4. The minimum absolute atomic E-state index is 0.00204. The van der Waals surface area contributed by atoms with Gasteiger partial charge < -0.3 is 15.2 Å². The van der Waals surface area contributed by atoms with Crippen molar-refractivity contribution in [3.8, 4) is 11.6 Å². The fourth-order valence-electron chi connectivity index (χ4n) is 1.58. The topological polar surface area (TPSA) is 54.4 Å². The average molecular weight is 244 g/mol. The van der Waals surface area contributed by atoms with E-state index in [0.29, 0.717) is 11.6 Å². The molecule has 0 fully saturated rings. The predicted octanol–water partition coefficient (Wildman–Crippen LogP) is 2.80. The zero-order chi connectivity index (χ0) is 12.8. The number of aliphatic hydroxyl groups is 1. The molecule has 0 saturated carbocycles. The molecule has 0 amide bonds. The van der Waals surface area contributed by atoms with Crippen molar-refractivity contribution in [1.82, 2.24) is 4.98 Å². The lowest BCUT2D eigenvalue weighted by atomic mass is 10.2. The van der Waals surface area contributed by atoms with Crippen molar-refractivity contribution in [1.29, 1.82) is 0 Å². The van der Waals surface area contributed by atoms with Crippen LogP contribution in [0.25, 0.3) is 0 Å². The van der Waals surface area contributed by atoms with E-state index >= 15 is 0 Å². The van der Waals surface area contributed by atoms with Crippen LogP contribution in [0, 0.1) is 0 Å². The molecule has 0 aliphatic rings. The van der Waals surface area contributed by atoms with Gasteiger partial charge in [-0.05, 0) is 30.7 Å². The van der Waals surface area contributed by atoms with Gasteiger partial charge in [0.1, 0.15) is 11.6 Å². The van der Waals surface area contributed by atoms with Gasteiger partial charge in [0.25, 0.3) is 0 Å². The third-order valence-corrected chi connectivity index (χ3v) is 2.38. The van der Waals surface area contributed by atoms with Gasteiger partial charge in [-0.15, -0.1) is 0 Å². The van der Waals surface area contributed by atoms with E-state index in [-0.39, 0.29) is 6.61 Å². The highest BCUT2D eigenvalue weighted by Crippen LogP contribution is 2.21. The first kappa shape index (κ1) is 12.4. The molecule has 4 nitrogen and oxygen atoms in total. The van der Waals surface area contributed by atoms with Gasteiger partial charge in [0.05, 0.1) is 6.61 Å². The zero-order valence-electron chi connectivity index (χ0n) is 10.3. The number of nitrogens with one attached hydrogen (secondary N) is 1. The Morgan fingerprint density at radius 2 is 2.06 bits per heavy atom. The Morgan fingerprint density at radius 3 is 2.83 bits per heavy atom. The predicted molar refractivity (Wildman–Crippen MR) is 70.8 cm³/mol. The third-order valence-electron chi connectivity index (χ3n) is 2.38. The highest BCUT2D eigenvalue weighted by molar-refractivity contribution is 5.38. The van der Waals surface area contributed by atoms with Gasteiger partial charge in [0.2, 0.25) is 5.88 Å². The van der Waals surface area contributed by atoms with Gasteiger partial charge in [0.15, 0.2) is 0 Å². The molecule has 0 radical (unpaired) electrons. The van der Waals surface area contributed by atoms with Crippen LogP contribution in [0.2, 0.25) is 0 Å². The number of benzene rings is 1. The SMILES string of the molecule is CCNc1cccc(Oc2cccc(CO)c2)n1. The summed E-state index contributed by atoms with van der Waals surface area (Å²) < 4.78 is 5.65. The van der Waals surface area contributed by atoms with Gasteiger partial charge in [-0.25, -0.2) is 0 Å². The van der Waals surface area contributed by atoms with Crippen LogP contribution in [-0.4, -0.2) is 16.6 Å². The smallest absolute Gasteiger partial charge is 0.221 e. The molecule has 0 unspecified atom stereocenters. The van der Waals surface area contributed by atoms with E-state index < -0.39 is 0 Å². The van der Waals surface area contributed by atoms with Gasteiger partial charge in [-0.3, -0.25) is 0 Å². The zero-order valence-corrected chi connectivity index (χ0v) is 10.3. The normalized spacial score (nSPS) is 10.1. The molecular formula is C14H16N2O2. The maximum Gasteiger partial charge on any atom is 0.221 e. The second kappa shape index (κ2) is 6.02. The Balaban J connectivity index is 2.14. The van der Waals surface area contributed by atoms with Gasteiger partial charge >= 0.3 is 0 Å². The molecule has 0 saturated heterocycles. The Bertz CT molecular complexity index is 515. The van der Waals surface area contributed by atoms with Gasteiger partial charge in [-0.2, -0.15) is 4.98 Å². The van der Waals surface area contributed by atoms with Crippen LogP contribution in [0.3, 0.4) is 0 Å². The molecular weight excluding hydrogens is 228 g/mol. The highest BCUT2D eigenvalue weighted by atomic mass is 16.5. The number of hydrogen-bond donors (Lipinski definition) is 2. The standard InChI is InChI=1S/C14H16N2O2/c1-2-15-13-7-4-8-14(16-13)18-12-6-3-5-11(9-12)10-17/h3-9,17H,2,10H2,1H3,(H,15,16). The molecule has 4 heteroatoms. The molecule has 0 aliphatic heterocycles. The molecule has 2 aromatic rings. The summed E-state index contributed by atoms with van der Waals surface area (Å²) in [4.78, 5) is 4.32. The largest absolute Gasteiger partial charge is 0.439 e. The van der Waals surface area contributed by atoms with E-state index in [0.717, 1.165) is 17.9 Å². The fraction of sp³-hybridized carbons (Fsp3) is 0.214. The molecule has 0 bridgehead atoms. The monoisotopic (exact) mass is 244 g/mol. The summed E-state index contributed by atoms with van der Waals surface area (Å²) in [6, 6.07) is 12.9. The Labute approximate surface area is 106 Å². The molecule has 0 spiro atoms. The van der Waals surface area contributed by atoms with E-state index in [4.69, 9.17) is 9.84 Å². The van der Waals surface area contributed by atoms with Gasteiger partial charge in [0, 0.05) is 12.6 Å². The number of rotatable bonds is 5. The summed E-state index contributed by atoms with van der Waals surface area (Å²) in [5.41, 5.74) is 0.815. The lowest BCUT2D eigenvalue weighted by Crippen LogP contribution is -1.99. The van der Waals surface area contributed by atoms with E-state index in [1.54, 1.807) is 12.1 Å². The van der Waals surface area contributed by atoms with Crippen LogP contribution in [0.5, 0.6) is 11.6 Å². The highest BCUT2D eigenvalue weighted by Gasteiger charge is 2.01. The van der Waals surface area contributed by atoms with Crippen LogP contribution in [0.4, 0.5) is 5.82 Å². The second-order valence-corrected chi connectivity index (χ2v) is 3.80. The lowest BCUT2D eigenvalue weighted by Gasteiger charge is -2.08. The number of ether oxygens (including phenoxy) is 1. The molecule has 1 aromatic carbocycles. The molecule has 2 rings (SSSR count). The van der Waals surface area contributed by atoms with Crippen LogP contribution in [0.15, 0.2) is 42.5 Å². The molecule has 1 aromatic heterocycles. The van der Waals surface area contributed by atoms with Crippen LogP contribution >= 0.6 is 0 Å². The van der Waals surface area contributed by atoms with Crippen molar-refractivity contribution in [2.24, 2.45) is 0 Å². The number of pyridine rings is 1. The number of nitrogens with zero attached hydrogens (tertiary/aromatic N) is 1. The summed E-state index contributed by atoms with van der Waals surface area (Å²) >= 11 is 0. The molecule has 0 aliphatic carbocycles. The first-order valence-corrected chi connectivity index (χ1v) is 5.90. The molecule has 1 heterocycles. The van der Waals surface area contributed by atoms with E-state index in [9.17, 15) is 0 Å². The van der Waals surface area contributed by atoms with Gasteiger partial charge in [-0.1, -0.05) is 18.2 Å². The average Bonchev–Trinajstić information content (AvgIpc) is 2.40. The minimum atomic E-state index is 0.00204. The van der Waals surface area contributed by atoms with Crippen LogP contribution in [0.1, 0.15) is 12.5 Å². The van der Waals surface area contributed by atoms with Crippen LogP contribution in [-0.2, 0) is 6.61 Å². The second-order valence-electron chi connectivity index (χ2n) is 3.80. The molecule has 0 atom stereocenters. The van der Waals surface area contributed by atoms with Crippen molar-refractivity contribution in [3.63, 3.8) is 0 Å². The molecule has 18 heavy (non-hydrogen) atoms. The van der Waals surface area contributed by atoms with Crippen molar-refractivity contribution in [2.75, 3.05) is 11.9 Å². The Kier molecular flexibility index (Phi) is 4.15. The number of aromatic nitrogens is 1. The first-order chi connectivity index (χ1) is 8.81. The molecule has 2 N–H and O–H groups in total. The molecule has 94 valence electrons.